The highest BCUT2D eigenvalue weighted by Crippen LogP contribution is 2.22. The quantitative estimate of drug-likeness (QED) is 0.554. The van der Waals surface area contributed by atoms with Crippen molar-refractivity contribution in [2.45, 2.75) is 38.5 Å². The van der Waals surface area contributed by atoms with Crippen molar-refractivity contribution in [2.24, 2.45) is 0 Å². The largest absolute Gasteiger partial charge is 0.459 e. The number of carbonyl (C=O) groups is 3. The first-order valence-corrected chi connectivity index (χ1v) is 9.37. The summed E-state index contributed by atoms with van der Waals surface area (Å²) in [6.07, 6.45) is 6.25. The van der Waals surface area contributed by atoms with Gasteiger partial charge in [-0.1, -0.05) is 12.1 Å². The molecule has 1 aromatic carbocycles. The van der Waals surface area contributed by atoms with Gasteiger partial charge in [0.05, 0.1) is 6.26 Å². The fraction of sp³-hybridized carbons (Fsp3) is 0.381. The van der Waals surface area contributed by atoms with Crippen LogP contribution in [0.25, 0.3) is 0 Å². The lowest BCUT2D eigenvalue weighted by molar-refractivity contribution is -0.121. The SMILES string of the molecule is O=C(CCC(=O)c1ccc2c(c1)CCCC2)NCCNC(=O)c1ccco1. The van der Waals surface area contributed by atoms with Crippen LogP contribution in [0, 0.1) is 0 Å². The Morgan fingerprint density at radius 1 is 0.926 bits per heavy atom. The first-order chi connectivity index (χ1) is 13.1. The van der Waals surface area contributed by atoms with Crippen LogP contribution in [-0.2, 0) is 17.6 Å². The zero-order valence-electron chi connectivity index (χ0n) is 15.3. The summed E-state index contributed by atoms with van der Waals surface area (Å²) in [5.74, 6) is -0.299. The number of hydrogen-bond donors (Lipinski definition) is 2. The van der Waals surface area contributed by atoms with Gasteiger partial charge in [0.1, 0.15) is 0 Å². The molecule has 0 saturated carbocycles. The van der Waals surface area contributed by atoms with E-state index in [1.165, 1.54) is 30.2 Å². The molecule has 6 heteroatoms. The molecule has 0 radical (unpaired) electrons. The van der Waals surface area contributed by atoms with Gasteiger partial charge in [0.25, 0.3) is 5.91 Å². The standard InChI is InChI=1S/C21H24N2O4/c24-18(17-8-7-15-4-1-2-5-16(15)14-17)9-10-20(25)22-11-12-23-21(26)19-6-3-13-27-19/h3,6-8,13-14H,1-2,4-5,9-12H2,(H,22,25)(H,23,26). The number of furan rings is 1. The van der Waals surface area contributed by atoms with E-state index in [2.05, 4.69) is 10.6 Å². The lowest BCUT2D eigenvalue weighted by Gasteiger charge is -2.16. The van der Waals surface area contributed by atoms with Crippen molar-refractivity contribution >= 4 is 17.6 Å². The van der Waals surface area contributed by atoms with E-state index in [0.717, 1.165) is 12.8 Å². The van der Waals surface area contributed by atoms with E-state index in [-0.39, 0.29) is 36.2 Å². The number of hydrogen-bond acceptors (Lipinski definition) is 4. The Morgan fingerprint density at radius 3 is 2.48 bits per heavy atom. The Labute approximate surface area is 158 Å². The second kappa shape index (κ2) is 9.16. The van der Waals surface area contributed by atoms with Gasteiger partial charge in [0.15, 0.2) is 11.5 Å². The van der Waals surface area contributed by atoms with E-state index in [1.54, 1.807) is 12.1 Å². The maximum absolute atomic E-state index is 12.3. The number of Topliss-reactive ketones (excluding diaryl/α,β-unsaturated/α-hetero) is 1. The summed E-state index contributed by atoms with van der Waals surface area (Å²) in [4.78, 5) is 35.9. The maximum atomic E-state index is 12.3. The Morgan fingerprint density at radius 2 is 1.70 bits per heavy atom. The van der Waals surface area contributed by atoms with Gasteiger partial charge in [-0.25, -0.2) is 0 Å². The van der Waals surface area contributed by atoms with E-state index in [0.29, 0.717) is 18.7 Å². The number of fused-ring (bicyclic) bond motifs is 1. The zero-order valence-corrected chi connectivity index (χ0v) is 15.3. The lowest BCUT2D eigenvalue weighted by Crippen LogP contribution is -2.34. The van der Waals surface area contributed by atoms with E-state index in [9.17, 15) is 14.4 Å². The molecule has 1 aromatic heterocycles. The molecule has 6 nitrogen and oxygen atoms in total. The molecule has 0 atom stereocenters. The van der Waals surface area contributed by atoms with E-state index < -0.39 is 0 Å². The molecule has 2 amide bonds. The number of ketones is 1. The van der Waals surface area contributed by atoms with Gasteiger partial charge in [0.2, 0.25) is 5.91 Å². The molecule has 2 aromatic rings. The minimum Gasteiger partial charge on any atom is -0.459 e. The molecule has 1 aliphatic carbocycles. The van der Waals surface area contributed by atoms with E-state index in [1.807, 2.05) is 18.2 Å². The van der Waals surface area contributed by atoms with Crippen molar-refractivity contribution < 1.29 is 18.8 Å². The Kier molecular flexibility index (Phi) is 6.41. The van der Waals surface area contributed by atoms with Gasteiger partial charge in [0, 0.05) is 31.5 Å². The molecular weight excluding hydrogens is 344 g/mol. The molecule has 27 heavy (non-hydrogen) atoms. The van der Waals surface area contributed by atoms with Crippen LogP contribution in [-0.4, -0.2) is 30.7 Å². The fourth-order valence-electron chi connectivity index (χ4n) is 3.24. The maximum Gasteiger partial charge on any atom is 0.287 e. The molecule has 0 unspecified atom stereocenters. The number of rotatable bonds is 8. The molecule has 0 fully saturated rings. The predicted octanol–water partition coefficient (Wildman–Crippen LogP) is 2.67. The van der Waals surface area contributed by atoms with Crippen LogP contribution < -0.4 is 10.6 Å². The number of benzene rings is 1. The van der Waals surface area contributed by atoms with Crippen LogP contribution in [0.4, 0.5) is 0 Å². The van der Waals surface area contributed by atoms with Crippen molar-refractivity contribution in [3.05, 3.63) is 59.0 Å². The highest BCUT2D eigenvalue weighted by molar-refractivity contribution is 5.98. The molecule has 0 bridgehead atoms. The summed E-state index contributed by atoms with van der Waals surface area (Å²) in [6.45, 7) is 0.600. The minimum absolute atomic E-state index is 0.00959. The van der Waals surface area contributed by atoms with Crippen LogP contribution in [0.15, 0.2) is 41.0 Å². The minimum atomic E-state index is -0.322. The van der Waals surface area contributed by atoms with Crippen LogP contribution in [0.5, 0.6) is 0 Å². The summed E-state index contributed by atoms with van der Waals surface area (Å²) in [6, 6.07) is 9.10. The number of amides is 2. The summed E-state index contributed by atoms with van der Waals surface area (Å²) in [7, 11) is 0. The molecule has 0 spiro atoms. The first-order valence-electron chi connectivity index (χ1n) is 9.37. The highest BCUT2D eigenvalue weighted by atomic mass is 16.3. The van der Waals surface area contributed by atoms with Crippen LogP contribution >= 0.6 is 0 Å². The summed E-state index contributed by atoms with van der Waals surface area (Å²) >= 11 is 0. The molecular formula is C21H24N2O4. The molecule has 0 aliphatic heterocycles. The molecule has 2 N–H and O–H groups in total. The molecule has 142 valence electrons. The van der Waals surface area contributed by atoms with Gasteiger partial charge in [-0.05, 0) is 55.0 Å². The highest BCUT2D eigenvalue weighted by Gasteiger charge is 2.14. The second-order valence-electron chi connectivity index (χ2n) is 6.70. The number of aryl methyl sites for hydroxylation is 2. The summed E-state index contributed by atoms with van der Waals surface area (Å²) in [5.41, 5.74) is 3.30. The third-order valence-electron chi connectivity index (χ3n) is 4.73. The molecule has 3 rings (SSSR count). The normalized spacial score (nSPS) is 12.9. The monoisotopic (exact) mass is 368 g/mol. The van der Waals surface area contributed by atoms with Crippen molar-refractivity contribution in [2.75, 3.05) is 13.1 Å². The zero-order chi connectivity index (χ0) is 19.1. The molecule has 0 saturated heterocycles. The molecule has 1 aliphatic rings. The molecule has 1 heterocycles. The number of nitrogens with one attached hydrogen (secondary N) is 2. The van der Waals surface area contributed by atoms with Crippen molar-refractivity contribution in [3.63, 3.8) is 0 Å². The van der Waals surface area contributed by atoms with Crippen LogP contribution in [0.2, 0.25) is 0 Å². The topological polar surface area (TPSA) is 88.4 Å². The van der Waals surface area contributed by atoms with Gasteiger partial charge >= 0.3 is 0 Å². The van der Waals surface area contributed by atoms with Crippen molar-refractivity contribution in [1.82, 2.24) is 10.6 Å². The van der Waals surface area contributed by atoms with Gasteiger partial charge in [-0.15, -0.1) is 0 Å². The van der Waals surface area contributed by atoms with E-state index in [4.69, 9.17) is 4.42 Å². The summed E-state index contributed by atoms with van der Waals surface area (Å²) < 4.78 is 4.98. The van der Waals surface area contributed by atoms with E-state index >= 15 is 0 Å². The Bertz CT molecular complexity index is 812. The second-order valence-corrected chi connectivity index (χ2v) is 6.70. The fourth-order valence-corrected chi connectivity index (χ4v) is 3.24. The smallest absolute Gasteiger partial charge is 0.287 e. The third kappa shape index (κ3) is 5.29. The van der Waals surface area contributed by atoms with Gasteiger partial charge in [-0.3, -0.25) is 14.4 Å². The predicted molar refractivity (Wildman–Crippen MR) is 101 cm³/mol. The Hall–Kier alpha value is -2.89. The average Bonchev–Trinajstić information content (AvgIpc) is 3.24. The van der Waals surface area contributed by atoms with Crippen LogP contribution in [0.3, 0.4) is 0 Å². The lowest BCUT2D eigenvalue weighted by atomic mass is 9.89. The Balaban J connectivity index is 1.36. The van der Waals surface area contributed by atoms with Crippen molar-refractivity contribution in [3.8, 4) is 0 Å². The third-order valence-corrected chi connectivity index (χ3v) is 4.73. The van der Waals surface area contributed by atoms with Gasteiger partial charge < -0.3 is 15.1 Å². The van der Waals surface area contributed by atoms with Crippen molar-refractivity contribution in [1.29, 1.82) is 0 Å². The average molecular weight is 368 g/mol. The van der Waals surface area contributed by atoms with Crippen LogP contribution in [0.1, 0.15) is 57.7 Å². The first kappa shape index (κ1) is 18.9. The number of carbonyl (C=O) groups excluding carboxylic acids is 3. The summed E-state index contributed by atoms with van der Waals surface area (Å²) in [5, 5.41) is 5.35. The van der Waals surface area contributed by atoms with Gasteiger partial charge in [-0.2, -0.15) is 0 Å².